The zero-order valence-corrected chi connectivity index (χ0v) is 12.3. The predicted molar refractivity (Wildman–Crippen MR) is 80.7 cm³/mol. The van der Waals surface area contributed by atoms with E-state index in [-0.39, 0.29) is 5.91 Å². The number of para-hydroxylation sites is 2. The lowest BCUT2D eigenvalue weighted by Gasteiger charge is -2.21. The first-order valence-corrected chi connectivity index (χ1v) is 7.49. The second-order valence-corrected chi connectivity index (χ2v) is 5.61. The Morgan fingerprint density at radius 2 is 2.14 bits per heavy atom. The largest absolute Gasteiger partial charge is 0.381 e. The van der Waals surface area contributed by atoms with Crippen LogP contribution in [0.15, 0.2) is 24.3 Å². The Bertz CT molecular complexity index is 629. The number of amides is 1. The average Bonchev–Trinajstić information content (AvgIpc) is 2.83. The van der Waals surface area contributed by atoms with Crippen molar-refractivity contribution in [1.82, 2.24) is 14.9 Å². The third kappa shape index (κ3) is 3.24. The molecule has 0 saturated carbocycles. The smallest absolute Gasteiger partial charge is 0.220 e. The normalized spacial score (nSPS) is 16.2. The van der Waals surface area contributed by atoms with Crippen LogP contribution < -0.4 is 5.32 Å². The molecule has 5 heteroatoms. The molecule has 1 fully saturated rings. The van der Waals surface area contributed by atoms with Crippen molar-refractivity contribution >= 4 is 16.9 Å². The van der Waals surface area contributed by atoms with E-state index in [1.54, 1.807) is 0 Å². The average molecular weight is 287 g/mol. The van der Waals surface area contributed by atoms with Crippen molar-refractivity contribution in [2.45, 2.75) is 25.8 Å². The minimum atomic E-state index is 0.106. The molecule has 1 aromatic heterocycles. The molecule has 0 bridgehead atoms. The fourth-order valence-corrected chi connectivity index (χ4v) is 2.82. The number of benzene rings is 1. The van der Waals surface area contributed by atoms with E-state index in [0.29, 0.717) is 18.9 Å². The number of nitrogens with one attached hydrogen (secondary N) is 1. The third-order valence-electron chi connectivity index (χ3n) is 4.14. The molecular formula is C16H21N3O2. The molecule has 0 spiro atoms. The summed E-state index contributed by atoms with van der Waals surface area (Å²) in [6.07, 6.45) is 2.56. The Morgan fingerprint density at radius 3 is 2.90 bits per heavy atom. The second-order valence-electron chi connectivity index (χ2n) is 5.61. The molecule has 112 valence electrons. The Kier molecular flexibility index (Phi) is 4.20. The van der Waals surface area contributed by atoms with Crippen LogP contribution in [0.5, 0.6) is 0 Å². The molecule has 1 aromatic carbocycles. The summed E-state index contributed by atoms with van der Waals surface area (Å²) < 4.78 is 7.35. The van der Waals surface area contributed by atoms with Gasteiger partial charge in [-0.1, -0.05) is 12.1 Å². The Labute approximate surface area is 124 Å². The topological polar surface area (TPSA) is 56.2 Å². The molecule has 3 rings (SSSR count). The van der Waals surface area contributed by atoms with Gasteiger partial charge in [0.15, 0.2) is 0 Å². The number of fused-ring (bicyclic) bond motifs is 1. The van der Waals surface area contributed by atoms with Gasteiger partial charge in [-0.15, -0.1) is 0 Å². The summed E-state index contributed by atoms with van der Waals surface area (Å²) in [5.41, 5.74) is 2.06. The van der Waals surface area contributed by atoms with E-state index in [1.165, 1.54) is 0 Å². The molecular weight excluding hydrogens is 266 g/mol. The first kappa shape index (κ1) is 14.1. The first-order valence-electron chi connectivity index (χ1n) is 7.49. The van der Waals surface area contributed by atoms with Crippen LogP contribution in [0.3, 0.4) is 0 Å². The second kappa shape index (κ2) is 6.26. The molecule has 0 radical (unpaired) electrons. The van der Waals surface area contributed by atoms with E-state index in [4.69, 9.17) is 4.74 Å². The summed E-state index contributed by atoms with van der Waals surface area (Å²) in [5.74, 6) is 1.45. The number of ether oxygens (including phenoxy) is 1. The molecule has 0 atom stereocenters. The monoisotopic (exact) mass is 287 g/mol. The van der Waals surface area contributed by atoms with Crippen LogP contribution in [0.2, 0.25) is 0 Å². The molecule has 1 aliphatic rings. The number of aryl methyl sites for hydroxylation is 1. The zero-order valence-electron chi connectivity index (χ0n) is 12.3. The summed E-state index contributed by atoms with van der Waals surface area (Å²) >= 11 is 0. The van der Waals surface area contributed by atoms with Crippen LogP contribution in [0.4, 0.5) is 0 Å². The number of carbonyl (C=O) groups is 1. The summed E-state index contributed by atoms with van der Waals surface area (Å²) in [6, 6.07) is 8.00. The van der Waals surface area contributed by atoms with Gasteiger partial charge in [0.2, 0.25) is 5.91 Å². The fraction of sp³-hybridized carbons (Fsp3) is 0.500. The standard InChI is InChI=1S/C16H21N3O2/c1-19-14-5-3-2-4-13(14)18-15(19)11-17-16(20)10-12-6-8-21-9-7-12/h2-5,12H,6-11H2,1H3,(H,17,20). The Balaban J connectivity index is 1.58. The van der Waals surface area contributed by atoms with E-state index < -0.39 is 0 Å². The number of rotatable bonds is 4. The Morgan fingerprint density at radius 1 is 1.38 bits per heavy atom. The SMILES string of the molecule is Cn1c(CNC(=O)CC2CCOCC2)nc2ccccc21. The summed E-state index contributed by atoms with van der Waals surface area (Å²) in [6.45, 7) is 2.04. The molecule has 1 N–H and O–H groups in total. The fourth-order valence-electron chi connectivity index (χ4n) is 2.82. The van der Waals surface area contributed by atoms with E-state index >= 15 is 0 Å². The molecule has 2 aromatic rings. The van der Waals surface area contributed by atoms with Gasteiger partial charge in [0.05, 0.1) is 17.6 Å². The highest BCUT2D eigenvalue weighted by molar-refractivity contribution is 5.77. The molecule has 1 saturated heterocycles. The number of hydrogen-bond donors (Lipinski definition) is 1. The van der Waals surface area contributed by atoms with Gasteiger partial charge in [0.1, 0.15) is 5.82 Å². The lowest BCUT2D eigenvalue weighted by atomic mass is 9.96. The molecule has 0 unspecified atom stereocenters. The maximum Gasteiger partial charge on any atom is 0.220 e. The highest BCUT2D eigenvalue weighted by Crippen LogP contribution is 2.18. The first-order chi connectivity index (χ1) is 10.2. The van der Waals surface area contributed by atoms with Gasteiger partial charge in [-0.05, 0) is 30.9 Å². The molecule has 1 aliphatic heterocycles. The van der Waals surface area contributed by atoms with Gasteiger partial charge in [-0.2, -0.15) is 0 Å². The zero-order chi connectivity index (χ0) is 14.7. The number of imidazole rings is 1. The summed E-state index contributed by atoms with van der Waals surface area (Å²) in [7, 11) is 1.98. The van der Waals surface area contributed by atoms with Gasteiger partial charge >= 0.3 is 0 Å². The lowest BCUT2D eigenvalue weighted by molar-refractivity contribution is -0.122. The number of aromatic nitrogens is 2. The van der Waals surface area contributed by atoms with Gasteiger partial charge in [-0.25, -0.2) is 4.98 Å². The van der Waals surface area contributed by atoms with Crippen LogP contribution in [0.1, 0.15) is 25.1 Å². The maximum absolute atomic E-state index is 12.0. The van der Waals surface area contributed by atoms with Crippen molar-refractivity contribution in [1.29, 1.82) is 0 Å². The molecule has 2 heterocycles. The van der Waals surface area contributed by atoms with Crippen molar-refractivity contribution in [2.24, 2.45) is 13.0 Å². The summed E-state index contributed by atoms with van der Waals surface area (Å²) in [5, 5.41) is 2.98. The van der Waals surface area contributed by atoms with Crippen LogP contribution >= 0.6 is 0 Å². The van der Waals surface area contributed by atoms with Gasteiger partial charge < -0.3 is 14.6 Å². The van der Waals surface area contributed by atoms with Crippen molar-refractivity contribution in [2.75, 3.05) is 13.2 Å². The van der Waals surface area contributed by atoms with Crippen LogP contribution in [0.25, 0.3) is 11.0 Å². The van der Waals surface area contributed by atoms with Crippen molar-refractivity contribution in [3.63, 3.8) is 0 Å². The van der Waals surface area contributed by atoms with E-state index in [2.05, 4.69) is 10.3 Å². The molecule has 21 heavy (non-hydrogen) atoms. The highest BCUT2D eigenvalue weighted by Gasteiger charge is 2.17. The Hall–Kier alpha value is -1.88. The van der Waals surface area contributed by atoms with E-state index in [0.717, 1.165) is 42.9 Å². The molecule has 1 amide bonds. The molecule has 0 aliphatic carbocycles. The third-order valence-corrected chi connectivity index (χ3v) is 4.14. The quantitative estimate of drug-likeness (QED) is 0.936. The van der Waals surface area contributed by atoms with Gasteiger partial charge in [0, 0.05) is 26.7 Å². The minimum absolute atomic E-state index is 0.106. The van der Waals surface area contributed by atoms with Crippen molar-refractivity contribution < 1.29 is 9.53 Å². The van der Waals surface area contributed by atoms with Crippen LogP contribution in [-0.2, 0) is 23.1 Å². The van der Waals surface area contributed by atoms with Crippen molar-refractivity contribution in [3.05, 3.63) is 30.1 Å². The van der Waals surface area contributed by atoms with Crippen LogP contribution in [0, 0.1) is 5.92 Å². The lowest BCUT2D eigenvalue weighted by Crippen LogP contribution is -2.28. The number of carbonyl (C=O) groups excluding carboxylic acids is 1. The number of hydrogen-bond acceptors (Lipinski definition) is 3. The highest BCUT2D eigenvalue weighted by atomic mass is 16.5. The predicted octanol–water partition coefficient (Wildman–Crippen LogP) is 2.01. The summed E-state index contributed by atoms with van der Waals surface area (Å²) in [4.78, 5) is 16.6. The molecule has 5 nitrogen and oxygen atoms in total. The van der Waals surface area contributed by atoms with E-state index in [1.807, 2.05) is 35.9 Å². The van der Waals surface area contributed by atoms with Gasteiger partial charge in [0.25, 0.3) is 0 Å². The van der Waals surface area contributed by atoms with Crippen LogP contribution in [-0.4, -0.2) is 28.7 Å². The minimum Gasteiger partial charge on any atom is -0.381 e. The number of nitrogens with zero attached hydrogens (tertiary/aromatic N) is 2. The van der Waals surface area contributed by atoms with E-state index in [9.17, 15) is 4.79 Å². The van der Waals surface area contributed by atoms with Crippen molar-refractivity contribution in [3.8, 4) is 0 Å². The van der Waals surface area contributed by atoms with Gasteiger partial charge in [-0.3, -0.25) is 4.79 Å². The maximum atomic E-state index is 12.0.